The molecule has 0 heterocycles. The molecule has 0 N–H and O–H groups in total. The van der Waals surface area contributed by atoms with E-state index in [2.05, 4.69) is 0 Å². The van der Waals surface area contributed by atoms with Gasteiger partial charge >= 0.3 is 29.9 Å². The van der Waals surface area contributed by atoms with Gasteiger partial charge in [0.2, 0.25) is 0 Å². The van der Waals surface area contributed by atoms with Crippen LogP contribution in [0, 0.1) is 0 Å². The molecule has 0 saturated carbocycles. The number of allylic oxidation sites excluding steroid dienone is 1. The van der Waals surface area contributed by atoms with Crippen LogP contribution in [0.3, 0.4) is 0 Å². The van der Waals surface area contributed by atoms with Crippen LogP contribution in [0.4, 0.5) is 48.3 Å². The van der Waals surface area contributed by atoms with Crippen molar-refractivity contribution in [1.82, 2.24) is 0 Å². The minimum Gasteiger partial charge on any atom is -0.195 e. The van der Waals surface area contributed by atoms with Gasteiger partial charge in [-0.15, -0.1) is 0 Å². The van der Waals surface area contributed by atoms with Gasteiger partial charge in [0.15, 0.2) is 0 Å². The van der Waals surface area contributed by atoms with E-state index in [-0.39, 0.29) is 4.08 Å². The van der Waals surface area contributed by atoms with Gasteiger partial charge in [0.05, 0.1) is 0 Å². The van der Waals surface area contributed by atoms with E-state index < -0.39 is 35.9 Å². The van der Waals surface area contributed by atoms with E-state index in [9.17, 15) is 48.3 Å². The van der Waals surface area contributed by atoms with Crippen LogP contribution in [0.5, 0.6) is 0 Å². The molecule has 0 saturated heterocycles. The molecule has 0 nitrogen and oxygen atoms in total. The van der Waals surface area contributed by atoms with Crippen molar-refractivity contribution in [2.75, 3.05) is 0 Å². The fourth-order valence-corrected chi connectivity index (χ4v) is 1.22. The SMILES string of the molecule is FC(F)(F)C(F)(F)C(F)(F)C(F)(F)C(F)(F)C=CI. The molecule has 0 atom stereocenters. The highest BCUT2D eigenvalue weighted by molar-refractivity contribution is 14.1. The number of hydrogen-bond acceptors (Lipinski definition) is 0. The second-order valence-corrected chi connectivity index (χ2v) is 3.86. The molecule has 0 spiro atoms. The lowest BCUT2D eigenvalue weighted by Crippen LogP contribution is -2.65. The molecule has 0 aromatic rings. The predicted octanol–water partition coefficient (Wildman–Crippen LogP) is 5.04. The van der Waals surface area contributed by atoms with Gasteiger partial charge in [0.1, 0.15) is 0 Å². The number of halogens is 12. The van der Waals surface area contributed by atoms with Gasteiger partial charge in [-0.2, -0.15) is 48.3 Å². The monoisotopic (exact) mass is 422 g/mol. The lowest BCUT2D eigenvalue weighted by atomic mass is 9.98. The smallest absolute Gasteiger partial charge is 0.195 e. The second kappa shape index (κ2) is 4.91. The fourth-order valence-electron chi connectivity index (χ4n) is 0.768. The van der Waals surface area contributed by atoms with Crippen molar-refractivity contribution < 1.29 is 48.3 Å². The van der Waals surface area contributed by atoms with E-state index in [0.717, 1.165) is 22.6 Å². The largest absolute Gasteiger partial charge is 0.460 e. The van der Waals surface area contributed by atoms with Crippen molar-refractivity contribution in [3.8, 4) is 0 Å². The third-order valence-corrected chi connectivity index (χ3v) is 2.20. The molecule has 0 aliphatic rings. The van der Waals surface area contributed by atoms with Gasteiger partial charge in [-0.1, -0.05) is 22.6 Å². The number of hydrogen-bond donors (Lipinski definition) is 0. The molecule has 0 unspecified atom stereocenters. The molecule has 0 bridgehead atoms. The van der Waals surface area contributed by atoms with E-state index in [1.165, 1.54) is 0 Å². The molecule has 0 aliphatic heterocycles. The molecule has 19 heavy (non-hydrogen) atoms. The maximum atomic E-state index is 12.7. The molecule has 114 valence electrons. The highest BCUT2D eigenvalue weighted by atomic mass is 127. The quantitative estimate of drug-likeness (QED) is 0.440. The highest BCUT2D eigenvalue weighted by Gasteiger charge is 2.86. The van der Waals surface area contributed by atoms with Crippen LogP contribution in [-0.4, -0.2) is 29.9 Å². The lowest BCUT2D eigenvalue weighted by molar-refractivity contribution is -0.416. The van der Waals surface area contributed by atoms with Gasteiger partial charge in [-0.25, -0.2) is 0 Å². The summed E-state index contributed by atoms with van der Waals surface area (Å²) in [6.45, 7) is 0. The number of rotatable bonds is 4. The average Bonchev–Trinajstić information content (AvgIpc) is 2.14. The van der Waals surface area contributed by atoms with Gasteiger partial charge in [0.25, 0.3) is 0 Å². The van der Waals surface area contributed by atoms with E-state index in [1.807, 2.05) is 0 Å². The Bertz CT molecular complexity index is 353. The molecule has 0 amide bonds. The molecule has 0 aromatic heterocycles. The van der Waals surface area contributed by atoms with Crippen LogP contribution in [0.25, 0.3) is 0 Å². The normalized spacial score (nSPS) is 16.2. The summed E-state index contributed by atoms with van der Waals surface area (Å²) in [7, 11) is 0. The first-order valence-corrected chi connectivity index (χ1v) is 5.16. The lowest BCUT2D eigenvalue weighted by Gasteiger charge is -2.36. The van der Waals surface area contributed by atoms with Gasteiger partial charge < -0.3 is 0 Å². The van der Waals surface area contributed by atoms with Crippen molar-refractivity contribution in [3.05, 3.63) is 10.2 Å². The van der Waals surface area contributed by atoms with E-state index in [4.69, 9.17) is 0 Å². The fraction of sp³-hybridized carbons (Fsp3) is 0.714. The van der Waals surface area contributed by atoms with Gasteiger partial charge in [-0.05, 0) is 10.2 Å². The molecule has 0 aromatic carbocycles. The third-order valence-electron chi connectivity index (χ3n) is 1.84. The maximum absolute atomic E-state index is 12.7. The predicted molar refractivity (Wildman–Crippen MR) is 49.0 cm³/mol. The highest BCUT2D eigenvalue weighted by Crippen LogP contribution is 2.57. The summed E-state index contributed by atoms with van der Waals surface area (Å²) in [6.07, 6.45) is -8.03. The van der Waals surface area contributed by atoms with Crippen molar-refractivity contribution in [2.45, 2.75) is 29.9 Å². The van der Waals surface area contributed by atoms with Crippen LogP contribution in [0.15, 0.2) is 10.2 Å². The minimum atomic E-state index is -7.34. The summed E-state index contributed by atoms with van der Waals surface area (Å²) >= 11 is 0.869. The zero-order valence-electron chi connectivity index (χ0n) is 8.19. The second-order valence-electron chi connectivity index (χ2n) is 3.14. The first kappa shape index (κ1) is 18.7. The number of alkyl halides is 11. The molecule has 0 rings (SSSR count). The summed E-state index contributed by atoms with van der Waals surface area (Å²) in [6, 6.07) is 0. The third kappa shape index (κ3) is 2.77. The Morgan fingerprint density at radius 1 is 0.579 bits per heavy atom. The van der Waals surface area contributed by atoms with E-state index in [0.29, 0.717) is 0 Å². The van der Waals surface area contributed by atoms with Crippen LogP contribution >= 0.6 is 22.6 Å². The Hall–Kier alpha value is -0.300. The summed E-state index contributed by atoms with van der Waals surface area (Å²) in [5.41, 5.74) is 0. The van der Waals surface area contributed by atoms with Crippen molar-refractivity contribution in [3.63, 3.8) is 0 Å². The molecule has 12 heteroatoms. The minimum absolute atomic E-state index is 0.0769. The Morgan fingerprint density at radius 3 is 1.21 bits per heavy atom. The Kier molecular flexibility index (Phi) is 4.83. The summed E-state index contributed by atoms with van der Waals surface area (Å²) in [5.74, 6) is -27.5. The van der Waals surface area contributed by atoms with Crippen molar-refractivity contribution in [1.29, 1.82) is 0 Å². The first-order valence-electron chi connectivity index (χ1n) is 3.92. The topological polar surface area (TPSA) is 0 Å². The average molecular weight is 422 g/mol. The molecule has 0 fully saturated rings. The van der Waals surface area contributed by atoms with E-state index in [1.54, 1.807) is 0 Å². The summed E-state index contributed by atoms with van der Waals surface area (Å²) < 4.78 is 135. The Labute approximate surface area is 111 Å². The zero-order chi connectivity index (χ0) is 15.9. The summed E-state index contributed by atoms with van der Waals surface area (Å²) in [4.78, 5) is 0. The van der Waals surface area contributed by atoms with Crippen LogP contribution < -0.4 is 0 Å². The summed E-state index contributed by atoms with van der Waals surface area (Å²) in [5, 5.41) is 0. The molecule has 0 aliphatic carbocycles. The van der Waals surface area contributed by atoms with Crippen LogP contribution in [0.1, 0.15) is 0 Å². The zero-order valence-corrected chi connectivity index (χ0v) is 10.3. The molecule has 0 radical (unpaired) electrons. The van der Waals surface area contributed by atoms with Crippen molar-refractivity contribution in [2.24, 2.45) is 0 Å². The molecular weight excluding hydrogens is 420 g/mol. The first-order chi connectivity index (χ1) is 8.06. The van der Waals surface area contributed by atoms with Gasteiger partial charge in [0, 0.05) is 0 Å². The molecular formula is C7H2F11I. The van der Waals surface area contributed by atoms with Gasteiger partial charge in [-0.3, -0.25) is 0 Å². The maximum Gasteiger partial charge on any atom is 0.460 e. The van der Waals surface area contributed by atoms with Crippen LogP contribution in [0.2, 0.25) is 0 Å². The Balaban J connectivity index is 5.91. The standard InChI is InChI=1S/C7H2F11I/c8-3(9,1-2-19)4(10,11)5(12,13)6(14,15)7(16,17)18/h1-2H. The van der Waals surface area contributed by atoms with E-state index >= 15 is 0 Å². The van der Waals surface area contributed by atoms with Crippen molar-refractivity contribution >= 4 is 22.6 Å². The Morgan fingerprint density at radius 2 is 0.947 bits per heavy atom. The van der Waals surface area contributed by atoms with Crippen LogP contribution in [-0.2, 0) is 0 Å².